The van der Waals surface area contributed by atoms with Crippen molar-refractivity contribution in [2.75, 3.05) is 12.4 Å². The summed E-state index contributed by atoms with van der Waals surface area (Å²) in [6.07, 6.45) is 0.480. The zero-order valence-corrected chi connectivity index (χ0v) is 12.6. The molecule has 1 amide bonds. The van der Waals surface area contributed by atoms with Gasteiger partial charge in [-0.15, -0.1) is 0 Å². The lowest BCUT2D eigenvalue weighted by molar-refractivity contribution is -0.123. The van der Waals surface area contributed by atoms with E-state index in [0.717, 1.165) is 5.56 Å². The quantitative estimate of drug-likeness (QED) is 0.809. The van der Waals surface area contributed by atoms with Gasteiger partial charge >= 0.3 is 0 Å². The number of methoxy groups -OCH3 is 1. The fourth-order valence-electron chi connectivity index (χ4n) is 2.55. The first kappa shape index (κ1) is 15.0. The van der Waals surface area contributed by atoms with Gasteiger partial charge in [0.1, 0.15) is 11.5 Å². The van der Waals surface area contributed by atoms with Crippen molar-refractivity contribution >= 4 is 11.6 Å². The highest BCUT2D eigenvalue weighted by molar-refractivity contribution is 5.94. The molecule has 0 saturated heterocycles. The van der Waals surface area contributed by atoms with Crippen molar-refractivity contribution in [3.05, 3.63) is 42.0 Å². The Morgan fingerprint density at radius 1 is 1.30 bits per heavy atom. The van der Waals surface area contributed by atoms with Crippen molar-refractivity contribution in [3.63, 3.8) is 0 Å². The molecule has 0 aromatic heterocycles. The van der Waals surface area contributed by atoms with Crippen molar-refractivity contribution in [2.24, 2.45) is 0 Å². The second-order valence-corrected chi connectivity index (χ2v) is 5.32. The number of aryl methyl sites for hydroxylation is 1. The molecule has 0 fully saturated rings. The Morgan fingerprint density at radius 3 is 2.87 bits per heavy atom. The molecule has 1 heterocycles. The maximum Gasteiger partial charge on any atom is 0.265 e. The minimum Gasteiger partial charge on any atom is -0.508 e. The smallest absolute Gasteiger partial charge is 0.265 e. The molecule has 6 nitrogen and oxygen atoms in total. The van der Waals surface area contributed by atoms with Gasteiger partial charge in [0.05, 0.1) is 7.11 Å². The summed E-state index contributed by atoms with van der Waals surface area (Å²) in [5, 5.41) is 21.9. The Bertz CT molecular complexity index is 744. The minimum absolute atomic E-state index is 0.0533. The Kier molecular flexibility index (Phi) is 3.97. The third-order valence-corrected chi connectivity index (χ3v) is 3.71. The number of aromatic hydroxyl groups is 2. The van der Waals surface area contributed by atoms with Crippen LogP contribution in [0.15, 0.2) is 36.4 Å². The van der Waals surface area contributed by atoms with Crippen molar-refractivity contribution in [1.29, 1.82) is 0 Å². The highest BCUT2D eigenvalue weighted by Gasteiger charge is 2.27. The average Bonchev–Trinajstić information content (AvgIpc) is 2.53. The number of anilines is 1. The van der Waals surface area contributed by atoms with E-state index in [1.807, 2.05) is 0 Å². The highest BCUT2D eigenvalue weighted by atomic mass is 16.5. The summed E-state index contributed by atoms with van der Waals surface area (Å²) in [6, 6.07) is 9.51. The number of amides is 1. The Morgan fingerprint density at radius 2 is 2.13 bits per heavy atom. The summed E-state index contributed by atoms with van der Waals surface area (Å²) in [4.78, 5) is 12.3. The van der Waals surface area contributed by atoms with Crippen LogP contribution in [0.1, 0.15) is 12.0 Å². The molecule has 120 valence electrons. The number of nitrogens with one attached hydrogen (secondary N) is 1. The van der Waals surface area contributed by atoms with Gasteiger partial charge in [-0.25, -0.2) is 0 Å². The molecule has 0 aliphatic carbocycles. The standard InChI is InChI=1S/C17H17NO5/c1-22-16-9-15-10(7-13(16)20)5-6-14(23-15)17(21)18-11-3-2-4-12(19)8-11/h2-4,7-9,14,19-20H,5-6H2,1H3,(H,18,21). The van der Waals surface area contributed by atoms with Gasteiger partial charge in [-0.3, -0.25) is 4.79 Å². The van der Waals surface area contributed by atoms with Crippen LogP contribution in [0.4, 0.5) is 5.69 Å². The normalized spacial score (nSPS) is 16.1. The molecule has 3 N–H and O–H groups in total. The lowest BCUT2D eigenvalue weighted by Crippen LogP contribution is -2.35. The Labute approximate surface area is 133 Å². The second kappa shape index (κ2) is 6.08. The molecular weight excluding hydrogens is 298 g/mol. The third-order valence-electron chi connectivity index (χ3n) is 3.71. The second-order valence-electron chi connectivity index (χ2n) is 5.32. The maximum atomic E-state index is 12.3. The Hall–Kier alpha value is -2.89. The summed E-state index contributed by atoms with van der Waals surface area (Å²) in [5.74, 6) is 0.684. The summed E-state index contributed by atoms with van der Waals surface area (Å²) >= 11 is 0. The van der Waals surface area contributed by atoms with Crippen LogP contribution in [0.5, 0.6) is 23.0 Å². The molecule has 1 aliphatic heterocycles. The van der Waals surface area contributed by atoms with E-state index in [4.69, 9.17) is 9.47 Å². The zero-order chi connectivity index (χ0) is 16.4. The van der Waals surface area contributed by atoms with Crippen LogP contribution in [0.2, 0.25) is 0 Å². The number of rotatable bonds is 3. The first-order valence-electron chi connectivity index (χ1n) is 7.23. The number of ether oxygens (including phenoxy) is 2. The predicted octanol–water partition coefficient (Wildman–Crippen LogP) is 2.44. The van der Waals surface area contributed by atoms with Gasteiger partial charge in [-0.2, -0.15) is 0 Å². The lowest BCUT2D eigenvalue weighted by atomic mass is 10.0. The van der Waals surface area contributed by atoms with Crippen LogP contribution >= 0.6 is 0 Å². The van der Waals surface area contributed by atoms with Crippen molar-refractivity contribution in [3.8, 4) is 23.0 Å². The first-order chi connectivity index (χ1) is 11.1. The van der Waals surface area contributed by atoms with E-state index in [-0.39, 0.29) is 17.4 Å². The van der Waals surface area contributed by atoms with E-state index < -0.39 is 6.10 Å². The van der Waals surface area contributed by atoms with E-state index in [0.29, 0.717) is 30.0 Å². The van der Waals surface area contributed by atoms with E-state index in [1.165, 1.54) is 19.2 Å². The monoisotopic (exact) mass is 315 g/mol. The average molecular weight is 315 g/mol. The lowest BCUT2D eigenvalue weighted by Gasteiger charge is -2.26. The number of hydrogen-bond acceptors (Lipinski definition) is 5. The molecule has 23 heavy (non-hydrogen) atoms. The van der Waals surface area contributed by atoms with Crippen molar-refractivity contribution in [2.45, 2.75) is 18.9 Å². The molecule has 0 radical (unpaired) electrons. The minimum atomic E-state index is -0.640. The van der Waals surface area contributed by atoms with Crippen LogP contribution in [0, 0.1) is 0 Å². The molecule has 6 heteroatoms. The number of phenolic OH excluding ortho intramolecular Hbond substituents is 2. The van der Waals surface area contributed by atoms with Crippen molar-refractivity contribution in [1.82, 2.24) is 0 Å². The fourth-order valence-corrected chi connectivity index (χ4v) is 2.55. The van der Waals surface area contributed by atoms with Gasteiger partial charge in [0.2, 0.25) is 0 Å². The molecule has 1 aliphatic rings. The van der Waals surface area contributed by atoms with Crippen molar-refractivity contribution < 1.29 is 24.5 Å². The maximum absolute atomic E-state index is 12.3. The third kappa shape index (κ3) is 3.15. The fraction of sp³-hybridized carbons (Fsp3) is 0.235. The zero-order valence-electron chi connectivity index (χ0n) is 12.6. The van der Waals surface area contributed by atoms with Crippen LogP contribution in [0.25, 0.3) is 0 Å². The molecule has 2 aromatic rings. The Balaban J connectivity index is 1.74. The summed E-state index contributed by atoms with van der Waals surface area (Å²) < 4.78 is 10.8. The molecule has 0 bridgehead atoms. The largest absolute Gasteiger partial charge is 0.508 e. The van der Waals surface area contributed by atoms with Gasteiger partial charge in [0, 0.05) is 17.8 Å². The molecule has 0 spiro atoms. The van der Waals surface area contributed by atoms with Gasteiger partial charge < -0.3 is 25.0 Å². The SMILES string of the molecule is COc1cc2c(cc1O)CCC(C(=O)Nc1cccc(O)c1)O2. The number of phenols is 2. The molecule has 3 rings (SSSR count). The number of benzene rings is 2. The molecule has 2 aromatic carbocycles. The van der Waals surface area contributed by atoms with Gasteiger partial charge in [0.25, 0.3) is 5.91 Å². The topological polar surface area (TPSA) is 88.0 Å². The van der Waals surface area contributed by atoms with Crippen LogP contribution in [-0.2, 0) is 11.2 Å². The molecular formula is C17H17NO5. The van der Waals surface area contributed by atoms with Gasteiger partial charge in [0.15, 0.2) is 17.6 Å². The number of hydrogen-bond donors (Lipinski definition) is 3. The first-order valence-corrected chi connectivity index (χ1v) is 7.23. The summed E-state index contributed by atoms with van der Waals surface area (Å²) in [5.41, 5.74) is 1.34. The van der Waals surface area contributed by atoms with E-state index in [2.05, 4.69) is 5.32 Å². The van der Waals surface area contributed by atoms with Crippen LogP contribution in [0.3, 0.4) is 0 Å². The van der Waals surface area contributed by atoms with Crippen LogP contribution < -0.4 is 14.8 Å². The molecule has 1 unspecified atom stereocenters. The van der Waals surface area contributed by atoms with Gasteiger partial charge in [-0.1, -0.05) is 6.07 Å². The highest BCUT2D eigenvalue weighted by Crippen LogP contribution is 2.37. The molecule has 0 saturated carbocycles. The van der Waals surface area contributed by atoms with E-state index in [9.17, 15) is 15.0 Å². The number of carbonyl (C=O) groups excluding carboxylic acids is 1. The summed E-state index contributed by atoms with van der Waals surface area (Å²) in [6.45, 7) is 0. The molecule has 1 atom stereocenters. The van der Waals surface area contributed by atoms with Crippen LogP contribution in [-0.4, -0.2) is 29.3 Å². The predicted molar refractivity (Wildman–Crippen MR) is 84.1 cm³/mol. The summed E-state index contributed by atoms with van der Waals surface area (Å²) in [7, 11) is 1.45. The number of fused-ring (bicyclic) bond motifs is 1. The van der Waals surface area contributed by atoms with E-state index in [1.54, 1.807) is 24.3 Å². The number of carbonyl (C=O) groups is 1. The van der Waals surface area contributed by atoms with Gasteiger partial charge in [-0.05, 0) is 36.6 Å². The van der Waals surface area contributed by atoms with E-state index >= 15 is 0 Å².